The number of likely N-dealkylation sites (N-methyl/N-ethyl adjacent to an activating group) is 1. The average Bonchev–Trinajstić information content (AvgIpc) is 3.04. The standard InChI is InChI=1S/C15H16BrN4/c1-20(11-12-2-4-13(16)5-3-12)9-8-19-15(20)10-14-17-6-7-18-14/h2-9H,10-11H2,1H3,(H,17,18)/q+1. The third-order valence-corrected chi connectivity index (χ3v) is 4.04. The van der Waals surface area contributed by atoms with Crippen molar-refractivity contribution >= 4 is 21.8 Å². The van der Waals surface area contributed by atoms with Crippen LogP contribution in [0.4, 0.5) is 0 Å². The molecule has 4 nitrogen and oxygen atoms in total. The predicted octanol–water partition coefficient (Wildman–Crippen LogP) is 3.24. The van der Waals surface area contributed by atoms with E-state index in [1.807, 2.05) is 12.4 Å². The molecule has 0 fully saturated rings. The Hall–Kier alpha value is -1.72. The Bertz CT molecular complexity index is 643. The first-order valence-corrected chi connectivity index (χ1v) is 7.28. The van der Waals surface area contributed by atoms with Crippen molar-refractivity contribution in [1.29, 1.82) is 0 Å². The molecule has 0 amide bonds. The van der Waals surface area contributed by atoms with Gasteiger partial charge in [-0.1, -0.05) is 28.1 Å². The molecule has 0 saturated heterocycles. The van der Waals surface area contributed by atoms with Gasteiger partial charge in [-0.25, -0.2) is 14.5 Å². The van der Waals surface area contributed by atoms with E-state index >= 15 is 0 Å². The van der Waals surface area contributed by atoms with Crippen LogP contribution in [0.3, 0.4) is 0 Å². The summed E-state index contributed by atoms with van der Waals surface area (Å²) in [6.45, 7) is 0.892. The first-order chi connectivity index (χ1) is 9.66. The van der Waals surface area contributed by atoms with E-state index in [-0.39, 0.29) is 0 Å². The smallest absolute Gasteiger partial charge is 0.215 e. The van der Waals surface area contributed by atoms with E-state index in [4.69, 9.17) is 0 Å². The van der Waals surface area contributed by atoms with Crippen LogP contribution in [0.15, 0.2) is 58.5 Å². The number of aliphatic imine (C=N–C) groups is 1. The van der Waals surface area contributed by atoms with E-state index in [0.717, 1.165) is 29.1 Å². The van der Waals surface area contributed by atoms with Gasteiger partial charge in [0.2, 0.25) is 5.84 Å². The van der Waals surface area contributed by atoms with Crippen LogP contribution < -0.4 is 0 Å². The van der Waals surface area contributed by atoms with Crippen molar-refractivity contribution in [3.63, 3.8) is 0 Å². The first-order valence-electron chi connectivity index (χ1n) is 6.49. The summed E-state index contributed by atoms with van der Waals surface area (Å²) < 4.78 is 1.80. The van der Waals surface area contributed by atoms with E-state index in [1.165, 1.54) is 5.56 Å². The molecule has 0 saturated carbocycles. The van der Waals surface area contributed by atoms with Crippen molar-refractivity contribution < 1.29 is 4.48 Å². The number of aromatic nitrogens is 2. The minimum absolute atomic E-state index is 0.697. The van der Waals surface area contributed by atoms with Crippen LogP contribution in [0, 0.1) is 0 Å². The van der Waals surface area contributed by atoms with E-state index in [1.54, 1.807) is 6.20 Å². The van der Waals surface area contributed by atoms with Gasteiger partial charge < -0.3 is 4.98 Å². The Labute approximate surface area is 126 Å². The van der Waals surface area contributed by atoms with Gasteiger partial charge in [0.25, 0.3) is 0 Å². The molecular formula is C15H16BrN4+. The number of quaternary nitrogens is 1. The van der Waals surface area contributed by atoms with Gasteiger partial charge in [0.05, 0.1) is 13.2 Å². The molecule has 0 spiro atoms. The molecule has 0 aliphatic carbocycles. The lowest BCUT2D eigenvalue weighted by Gasteiger charge is -2.27. The third kappa shape index (κ3) is 2.73. The van der Waals surface area contributed by atoms with Crippen LogP contribution in [0.25, 0.3) is 0 Å². The fourth-order valence-electron chi connectivity index (χ4n) is 2.37. The molecule has 1 atom stereocenters. The van der Waals surface area contributed by atoms with E-state index < -0.39 is 0 Å². The number of hydrogen-bond donors (Lipinski definition) is 1. The van der Waals surface area contributed by atoms with Crippen molar-refractivity contribution in [3.8, 4) is 0 Å². The number of halogens is 1. The highest BCUT2D eigenvalue weighted by Gasteiger charge is 2.31. The molecule has 1 N–H and O–H groups in total. The molecule has 1 aromatic heterocycles. The summed E-state index contributed by atoms with van der Waals surface area (Å²) >= 11 is 3.47. The molecule has 2 heterocycles. The van der Waals surface area contributed by atoms with Crippen molar-refractivity contribution in [2.45, 2.75) is 13.0 Å². The van der Waals surface area contributed by atoms with E-state index in [2.05, 4.69) is 68.4 Å². The lowest BCUT2D eigenvalue weighted by Crippen LogP contribution is -2.42. The van der Waals surface area contributed by atoms with Crippen LogP contribution in [-0.2, 0) is 13.0 Å². The highest BCUT2D eigenvalue weighted by atomic mass is 79.9. The largest absolute Gasteiger partial charge is 0.348 e. The van der Waals surface area contributed by atoms with Crippen molar-refractivity contribution in [2.24, 2.45) is 4.99 Å². The first kappa shape index (κ1) is 13.3. The molecule has 1 aromatic carbocycles. The third-order valence-electron chi connectivity index (χ3n) is 3.51. The maximum Gasteiger partial charge on any atom is 0.215 e. The SMILES string of the molecule is C[N+]1(Cc2ccc(Br)cc2)C=CN=C1Cc1ncc[nH]1. The summed E-state index contributed by atoms with van der Waals surface area (Å²) in [5, 5.41) is 0. The van der Waals surface area contributed by atoms with Crippen molar-refractivity contribution in [3.05, 3.63) is 64.9 Å². The van der Waals surface area contributed by atoms with Gasteiger partial charge in [0.15, 0.2) is 0 Å². The van der Waals surface area contributed by atoms with Crippen molar-refractivity contribution in [2.75, 3.05) is 7.05 Å². The fraction of sp³-hybridized carbons (Fsp3) is 0.200. The summed E-state index contributed by atoms with van der Waals surface area (Å²) in [5.41, 5.74) is 1.29. The van der Waals surface area contributed by atoms with E-state index in [0.29, 0.717) is 4.48 Å². The Morgan fingerprint density at radius 2 is 2.05 bits per heavy atom. The van der Waals surface area contributed by atoms with Gasteiger partial charge in [-0.05, 0) is 12.1 Å². The molecule has 3 rings (SSSR count). The summed E-state index contributed by atoms with van der Waals surface area (Å²) in [6.07, 6.45) is 8.37. The maximum atomic E-state index is 4.52. The monoisotopic (exact) mass is 331 g/mol. The number of benzene rings is 1. The Morgan fingerprint density at radius 3 is 2.75 bits per heavy atom. The molecule has 0 radical (unpaired) electrons. The van der Waals surface area contributed by atoms with Gasteiger partial charge in [0.1, 0.15) is 25.0 Å². The molecule has 0 bridgehead atoms. The second-order valence-corrected chi connectivity index (χ2v) is 6.02. The highest BCUT2D eigenvalue weighted by Crippen LogP contribution is 2.21. The molecule has 5 heteroatoms. The summed E-state index contributed by atoms with van der Waals surface area (Å²) in [6, 6.07) is 8.43. The van der Waals surface area contributed by atoms with Crippen LogP contribution in [-0.4, -0.2) is 27.3 Å². The van der Waals surface area contributed by atoms with Gasteiger partial charge in [-0.3, -0.25) is 0 Å². The Kier molecular flexibility index (Phi) is 3.54. The molecule has 1 aliphatic rings. The second-order valence-electron chi connectivity index (χ2n) is 5.11. The van der Waals surface area contributed by atoms with Crippen LogP contribution in [0.1, 0.15) is 11.4 Å². The zero-order chi connectivity index (χ0) is 14.0. The van der Waals surface area contributed by atoms with Crippen LogP contribution in [0.2, 0.25) is 0 Å². The number of amidine groups is 1. The maximum absolute atomic E-state index is 4.52. The predicted molar refractivity (Wildman–Crippen MR) is 82.9 cm³/mol. The number of rotatable bonds is 4. The molecular weight excluding hydrogens is 316 g/mol. The fourth-order valence-corrected chi connectivity index (χ4v) is 2.63. The normalized spacial score (nSPS) is 21.2. The minimum atomic E-state index is 0.697. The van der Waals surface area contributed by atoms with Crippen LogP contribution >= 0.6 is 15.9 Å². The van der Waals surface area contributed by atoms with Crippen LogP contribution in [0.5, 0.6) is 0 Å². The number of nitrogens with zero attached hydrogens (tertiary/aromatic N) is 3. The average molecular weight is 332 g/mol. The molecule has 1 unspecified atom stereocenters. The lowest BCUT2D eigenvalue weighted by molar-refractivity contribution is -0.779. The number of imidazole rings is 1. The molecule has 2 aromatic rings. The van der Waals surface area contributed by atoms with Gasteiger partial charge >= 0.3 is 0 Å². The number of H-pyrrole nitrogens is 1. The zero-order valence-corrected chi connectivity index (χ0v) is 12.8. The summed E-state index contributed by atoms with van der Waals surface area (Å²) in [7, 11) is 2.17. The molecule has 20 heavy (non-hydrogen) atoms. The van der Waals surface area contributed by atoms with Crippen molar-refractivity contribution in [1.82, 2.24) is 9.97 Å². The number of hydrogen-bond acceptors (Lipinski definition) is 2. The molecule has 1 aliphatic heterocycles. The summed E-state index contributed by atoms with van der Waals surface area (Å²) in [4.78, 5) is 11.9. The molecule has 102 valence electrons. The Balaban J connectivity index is 1.78. The number of nitrogens with one attached hydrogen (secondary N) is 1. The topological polar surface area (TPSA) is 41.0 Å². The highest BCUT2D eigenvalue weighted by molar-refractivity contribution is 9.10. The minimum Gasteiger partial charge on any atom is -0.348 e. The second kappa shape index (κ2) is 5.34. The summed E-state index contributed by atoms with van der Waals surface area (Å²) in [5.74, 6) is 2.05. The van der Waals surface area contributed by atoms with Gasteiger partial charge in [0, 0.05) is 22.4 Å². The zero-order valence-electron chi connectivity index (χ0n) is 11.3. The van der Waals surface area contributed by atoms with E-state index in [9.17, 15) is 0 Å². The van der Waals surface area contributed by atoms with Gasteiger partial charge in [-0.2, -0.15) is 0 Å². The number of aromatic amines is 1. The van der Waals surface area contributed by atoms with Gasteiger partial charge in [-0.15, -0.1) is 0 Å². The quantitative estimate of drug-likeness (QED) is 0.858. The Morgan fingerprint density at radius 1 is 1.25 bits per heavy atom. The lowest BCUT2D eigenvalue weighted by atomic mass is 10.2.